The van der Waals surface area contributed by atoms with Crippen LogP contribution in [-0.4, -0.2) is 17.3 Å². The second kappa shape index (κ2) is 6.53. The average Bonchev–Trinajstić information content (AvgIpc) is 2.42. The van der Waals surface area contributed by atoms with Gasteiger partial charge < -0.3 is 15.6 Å². The molecule has 0 bridgehead atoms. The van der Waals surface area contributed by atoms with Crippen LogP contribution in [-0.2, 0) is 4.79 Å². The molecule has 0 aromatic heterocycles. The van der Waals surface area contributed by atoms with Gasteiger partial charge in [-0.1, -0.05) is 5.92 Å². The van der Waals surface area contributed by atoms with Gasteiger partial charge in [-0.2, -0.15) is 13.2 Å². The predicted octanol–water partition coefficient (Wildman–Crippen LogP) is 0.655. The average molecular weight is 301 g/mol. The molecule has 0 aliphatic heterocycles. The Labute approximate surface area is 117 Å². The highest BCUT2D eigenvalue weighted by atomic mass is 19.4. The number of rotatable bonds is 4. The first kappa shape index (κ1) is 16.2. The molecule has 1 aromatic carbocycles. The molecule has 0 saturated carbocycles. The van der Waals surface area contributed by atoms with Crippen molar-refractivity contribution in [3.05, 3.63) is 41.4 Å². The van der Waals surface area contributed by atoms with E-state index in [2.05, 4.69) is 0 Å². The van der Waals surface area contributed by atoms with E-state index in [1.165, 1.54) is 24.3 Å². The molecule has 112 valence electrons. The van der Waals surface area contributed by atoms with Gasteiger partial charge in [-0.3, -0.25) is 5.43 Å². The highest BCUT2D eigenvalue weighted by molar-refractivity contribution is 5.85. The zero-order valence-electron chi connectivity index (χ0n) is 10.4. The van der Waals surface area contributed by atoms with E-state index in [0.717, 1.165) is 5.92 Å². The number of carbonyl (C=O) groups is 1. The lowest BCUT2D eigenvalue weighted by atomic mass is 10.2. The summed E-state index contributed by atoms with van der Waals surface area (Å²) in [6.07, 6.45) is -4.58. The Morgan fingerprint density at radius 1 is 1.29 bits per heavy atom. The summed E-state index contributed by atoms with van der Waals surface area (Å²) in [5.41, 5.74) is 6.63. The molecule has 0 fully saturated rings. The molecular formula is C12H10F3N3O3. The fourth-order valence-electron chi connectivity index (χ4n) is 1.13. The lowest BCUT2D eigenvalue weighted by molar-refractivity contribution is -0.133. The highest BCUT2D eigenvalue weighted by Gasteiger charge is 2.22. The zero-order chi connectivity index (χ0) is 16.0. The maximum absolute atomic E-state index is 11.9. The summed E-state index contributed by atoms with van der Waals surface area (Å²) in [5, 5.41) is 8.67. The summed E-state index contributed by atoms with van der Waals surface area (Å²) in [4.78, 5) is 10.6. The maximum atomic E-state index is 11.9. The van der Waals surface area contributed by atoms with Crippen molar-refractivity contribution in [1.82, 2.24) is 5.43 Å². The van der Waals surface area contributed by atoms with E-state index in [-0.39, 0.29) is 11.3 Å². The lowest BCUT2D eigenvalue weighted by Crippen LogP contribution is -2.31. The molecule has 0 aliphatic carbocycles. The van der Waals surface area contributed by atoms with Crippen LogP contribution in [0, 0.1) is 11.8 Å². The van der Waals surface area contributed by atoms with Gasteiger partial charge in [0.05, 0.1) is 0 Å². The third kappa shape index (κ3) is 5.33. The fraction of sp³-hybridized carbons (Fsp3) is 0.0833. The van der Waals surface area contributed by atoms with E-state index in [1.807, 2.05) is 11.3 Å². The normalized spacial score (nSPS) is 11.8. The van der Waals surface area contributed by atoms with Gasteiger partial charge in [-0.25, -0.2) is 10.6 Å². The monoisotopic (exact) mass is 301 g/mol. The molecule has 0 amide bonds. The summed E-state index contributed by atoms with van der Waals surface area (Å²) in [6, 6.07) is 5.10. The van der Waals surface area contributed by atoms with Crippen molar-refractivity contribution in [3.63, 3.8) is 0 Å². The Bertz CT molecular complexity index is 613. The summed E-state index contributed by atoms with van der Waals surface area (Å²) >= 11 is 0. The molecule has 21 heavy (non-hydrogen) atoms. The number of carboxylic acid groups (broad SMARTS) is 1. The van der Waals surface area contributed by atoms with Crippen LogP contribution in [0.25, 0.3) is 0 Å². The molecule has 1 aromatic rings. The number of hydrazine groups is 1. The third-order valence-corrected chi connectivity index (χ3v) is 2.03. The maximum Gasteiger partial charge on any atom is 0.458 e. The van der Waals surface area contributed by atoms with Crippen LogP contribution in [0.3, 0.4) is 0 Å². The number of alkyl halides is 3. The molecule has 0 spiro atoms. The first-order chi connectivity index (χ1) is 9.73. The van der Waals surface area contributed by atoms with Crippen LogP contribution in [0.4, 0.5) is 13.2 Å². The molecule has 6 N–H and O–H groups in total. The molecule has 0 radical (unpaired) electrons. The van der Waals surface area contributed by atoms with E-state index < -0.39 is 23.7 Å². The molecule has 0 heterocycles. The molecule has 9 heteroatoms. The van der Waals surface area contributed by atoms with Crippen LogP contribution >= 0.6 is 0 Å². The largest absolute Gasteiger partial charge is 0.476 e. The van der Waals surface area contributed by atoms with Crippen molar-refractivity contribution < 1.29 is 27.8 Å². The number of aliphatic carboxylic acids is 1. The Kier molecular flexibility index (Phi) is 5.04. The van der Waals surface area contributed by atoms with E-state index in [9.17, 15) is 18.0 Å². The number of ether oxygens (including phenoxy) is 1. The molecule has 0 saturated heterocycles. The van der Waals surface area contributed by atoms with Gasteiger partial charge in [0.2, 0.25) is 5.88 Å². The van der Waals surface area contributed by atoms with Crippen LogP contribution in [0.15, 0.2) is 35.8 Å². The van der Waals surface area contributed by atoms with Crippen molar-refractivity contribution in [1.29, 1.82) is 0 Å². The number of carboxylic acids is 1. The second-order valence-electron chi connectivity index (χ2n) is 3.57. The van der Waals surface area contributed by atoms with Crippen molar-refractivity contribution >= 4 is 5.97 Å². The number of benzene rings is 1. The van der Waals surface area contributed by atoms with Gasteiger partial charge >= 0.3 is 12.1 Å². The lowest BCUT2D eigenvalue weighted by Gasteiger charge is -2.10. The molecule has 1 rings (SSSR count). The van der Waals surface area contributed by atoms with E-state index in [0.29, 0.717) is 0 Å². The third-order valence-electron chi connectivity index (χ3n) is 2.03. The predicted molar refractivity (Wildman–Crippen MR) is 66.2 cm³/mol. The van der Waals surface area contributed by atoms with Crippen molar-refractivity contribution in [3.8, 4) is 17.6 Å². The molecule has 0 unspecified atom stereocenters. The number of hydrogen-bond donors (Lipinski definition) is 4. The van der Waals surface area contributed by atoms with Crippen LogP contribution in [0.5, 0.6) is 5.75 Å². The van der Waals surface area contributed by atoms with Gasteiger partial charge in [-0.05, 0) is 24.3 Å². The van der Waals surface area contributed by atoms with Crippen molar-refractivity contribution in [2.45, 2.75) is 6.18 Å². The van der Waals surface area contributed by atoms with Gasteiger partial charge in [0.15, 0.2) is 5.70 Å². The van der Waals surface area contributed by atoms with E-state index in [1.54, 1.807) is 0 Å². The summed E-state index contributed by atoms with van der Waals surface area (Å²) < 4.78 is 40.8. The second-order valence-corrected chi connectivity index (χ2v) is 3.57. The zero-order valence-corrected chi connectivity index (χ0v) is 10.4. The first-order valence-corrected chi connectivity index (χ1v) is 5.30. The van der Waals surface area contributed by atoms with Gasteiger partial charge in [0.1, 0.15) is 5.75 Å². The summed E-state index contributed by atoms with van der Waals surface area (Å²) in [5.74, 6) is 6.35. The minimum atomic E-state index is -4.58. The number of nitrogens with one attached hydrogen (secondary N) is 1. The molecule has 0 atom stereocenters. The van der Waals surface area contributed by atoms with Gasteiger partial charge in [-0.15, -0.1) is 0 Å². The van der Waals surface area contributed by atoms with Crippen LogP contribution in [0.1, 0.15) is 5.56 Å². The van der Waals surface area contributed by atoms with E-state index in [4.69, 9.17) is 21.4 Å². The number of nitrogens with two attached hydrogens (primary N) is 2. The van der Waals surface area contributed by atoms with Gasteiger partial charge in [0.25, 0.3) is 0 Å². The SMILES string of the molecule is NN/C(Oc1ccc(C#CC(F)(F)F)cc1)=C(\N)C(=O)O. The van der Waals surface area contributed by atoms with Gasteiger partial charge in [0, 0.05) is 11.5 Å². The Morgan fingerprint density at radius 3 is 2.29 bits per heavy atom. The molecule has 0 aliphatic rings. The van der Waals surface area contributed by atoms with E-state index >= 15 is 0 Å². The Balaban J connectivity index is 2.90. The van der Waals surface area contributed by atoms with Crippen molar-refractivity contribution in [2.75, 3.05) is 0 Å². The van der Waals surface area contributed by atoms with Crippen LogP contribution in [0.2, 0.25) is 0 Å². The van der Waals surface area contributed by atoms with Crippen LogP contribution < -0.4 is 21.7 Å². The first-order valence-electron chi connectivity index (χ1n) is 5.30. The molecular weight excluding hydrogens is 291 g/mol. The Hall–Kier alpha value is -2.86. The summed E-state index contributed by atoms with van der Waals surface area (Å²) in [6.45, 7) is 0. The topological polar surface area (TPSA) is 111 Å². The highest BCUT2D eigenvalue weighted by Crippen LogP contribution is 2.16. The smallest absolute Gasteiger partial charge is 0.458 e. The fourth-order valence-corrected chi connectivity index (χ4v) is 1.13. The quantitative estimate of drug-likeness (QED) is 0.214. The number of halogens is 3. The minimum absolute atomic E-state index is 0.108. The standard InChI is InChI=1S/C12H10F3N3O3/c13-12(14,15)6-5-7-1-3-8(4-2-7)21-10(18-17)9(16)11(19)20/h1-4,18H,16-17H2,(H,19,20)/b10-9+. The van der Waals surface area contributed by atoms with Crippen molar-refractivity contribution in [2.24, 2.45) is 11.6 Å². The Morgan fingerprint density at radius 2 is 1.86 bits per heavy atom. The summed E-state index contributed by atoms with van der Waals surface area (Å²) in [7, 11) is 0. The minimum Gasteiger partial charge on any atom is -0.476 e. The number of hydrogen-bond acceptors (Lipinski definition) is 5. The molecule has 6 nitrogen and oxygen atoms in total.